The number of likely N-dealkylation sites (tertiary alicyclic amines) is 1. The molecule has 1 aliphatic rings. The molecule has 7 nitrogen and oxygen atoms in total. The van der Waals surface area contributed by atoms with Crippen molar-refractivity contribution in [3.8, 4) is 0 Å². The number of nitrogens with one attached hydrogen (secondary N) is 1. The van der Waals surface area contributed by atoms with Gasteiger partial charge in [0.15, 0.2) is 0 Å². The van der Waals surface area contributed by atoms with Gasteiger partial charge in [-0.3, -0.25) is 0 Å². The van der Waals surface area contributed by atoms with Crippen molar-refractivity contribution in [2.24, 2.45) is 11.3 Å². The van der Waals surface area contributed by atoms with Gasteiger partial charge < -0.3 is 24.9 Å². The average molecular weight is 342 g/mol. The van der Waals surface area contributed by atoms with Crippen LogP contribution in [0.1, 0.15) is 54.4 Å². The zero-order valence-electron chi connectivity index (χ0n) is 15.5. The Balaban J connectivity index is 2.86. The lowest BCUT2D eigenvalue weighted by Crippen LogP contribution is -2.55. The highest BCUT2D eigenvalue weighted by Gasteiger charge is 2.54. The molecule has 1 rings (SSSR count). The van der Waals surface area contributed by atoms with Crippen molar-refractivity contribution < 1.29 is 24.2 Å². The number of hydrogen-bond donors (Lipinski definition) is 2. The lowest BCUT2D eigenvalue weighted by molar-refractivity contribution is -0.111. The fourth-order valence-corrected chi connectivity index (χ4v) is 3.37. The molecule has 0 spiro atoms. The van der Waals surface area contributed by atoms with Gasteiger partial charge in [0, 0.05) is 19.5 Å². The molecular weight excluding hydrogens is 312 g/mol. The Kier molecular flexibility index (Phi) is 5.90. The van der Waals surface area contributed by atoms with Crippen molar-refractivity contribution in [1.29, 1.82) is 0 Å². The van der Waals surface area contributed by atoms with Gasteiger partial charge in [-0.25, -0.2) is 9.59 Å². The van der Waals surface area contributed by atoms with E-state index in [2.05, 4.69) is 5.32 Å². The molecule has 138 valence electrons. The van der Waals surface area contributed by atoms with Crippen LogP contribution in [0.15, 0.2) is 0 Å². The number of carbonyl (C=O) groups excluding carboxylic acids is 2. The van der Waals surface area contributed by atoms with Gasteiger partial charge in [-0.2, -0.15) is 0 Å². The Morgan fingerprint density at radius 2 is 1.88 bits per heavy atom. The standard InChI is InChI=1S/C17H30N2O5/c1-15(2,3)17(7-8-20)9-12(11-19(17)14(22)23)10-18-13(21)24-16(4,5)6/h8,12H,7,9-11H2,1-6H3,(H,18,21)(H,22,23)/t12-,17?/m0/s1. The van der Waals surface area contributed by atoms with Crippen molar-refractivity contribution in [2.45, 2.75) is 65.5 Å². The predicted octanol–water partition coefficient (Wildman–Crippen LogP) is 2.88. The summed E-state index contributed by atoms with van der Waals surface area (Å²) in [6.07, 6.45) is -0.104. The van der Waals surface area contributed by atoms with E-state index in [-0.39, 0.29) is 18.9 Å². The van der Waals surface area contributed by atoms with Crippen LogP contribution in [0.25, 0.3) is 0 Å². The number of nitrogens with zero attached hydrogens (tertiary/aromatic N) is 1. The second kappa shape index (κ2) is 6.99. The molecule has 0 saturated carbocycles. The number of carboxylic acid groups (broad SMARTS) is 1. The fraction of sp³-hybridized carbons (Fsp3) is 0.824. The third kappa shape index (κ3) is 4.61. The number of amides is 2. The van der Waals surface area contributed by atoms with Crippen LogP contribution in [0.3, 0.4) is 0 Å². The molecule has 1 aliphatic heterocycles. The molecular formula is C17H30N2O5. The summed E-state index contributed by atoms with van der Waals surface area (Å²) in [4.78, 5) is 36.1. The summed E-state index contributed by atoms with van der Waals surface area (Å²) in [7, 11) is 0. The topological polar surface area (TPSA) is 95.9 Å². The van der Waals surface area contributed by atoms with Crippen molar-refractivity contribution in [1.82, 2.24) is 10.2 Å². The van der Waals surface area contributed by atoms with Crippen LogP contribution in [0, 0.1) is 11.3 Å². The summed E-state index contributed by atoms with van der Waals surface area (Å²) in [6.45, 7) is 11.8. The highest BCUT2D eigenvalue weighted by Crippen LogP contribution is 2.47. The number of ether oxygens (including phenoxy) is 1. The van der Waals surface area contributed by atoms with E-state index in [0.29, 0.717) is 13.0 Å². The number of carbonyl (C=O) groups is 3. The molecule has 1 fully saturated rings. The second-order valence-electron chi connectivity index (χ2n) is 8.50. The first-order valence-corrected chi connectivity index (χ1v) is 8.23. The molecule has 24 heavy (non-hydrogen) atoms. The fourth-order valence-electron chi connectivity index (χ4n) is 3.37. The smallest absolute Gasteiger partial charge is 0.407 e. The van der Waals surface area contributed by atoms with Crippen molar-refractivity contribution in [3.05, 3.63) is 0 Å². The van der Waals surface area contributed by atoms with E-state index in [0.717, 1.165) is 6.29 Å². The minimum Gasteiger partial charge on any atom is -0.465 e. The summed E-state index contributed by atoms with van der Waals surface area (Å²) in [5.74, 6) is -0.0622. The van der Waals surface area contributed by atoms with Gasteiger partial charge in [-0.05, 0) is 38.5 Å². The van der Waals surface area contributed by atoms with Crippen LogP contribution >= 0.6 is 0 Å². The third-order valence-corrected chi connectivity index (χ3v) is 4.57. The quantitative estimate of drug-likeness (QED) is 0.766. The zero-order valence-corrected chi connectivity index (χ0v) is 15.5. The zero-order chi connectivity index (χ0) is 18.8. The molecule has 1 heterocycles. The van der Waals surface area contributed by atoms with E-state index in [4.69, 9.17) is 4.74 Å². The molecule has 0 aromatic carbocycles. The molecule has 1 saturated heterocycles. The largest absolute Gasteiger partial charge is 0.465 e. The summed E-state index contributed by atoms with van der Waals surface area (Å²) >= 11 is 0. The van der Waals surface area contributed by atoms with Crippen LogP contribution in [0.4, 0.5) is 9.59 Å². The maximum Gasteiger partial charge on any atom is 0.407 e. The Bertz CT molecular complexity index is 492. The Hall–Kier alpha value is -1.79. The van der Waals surface area contributed by atoms with Gasteiger partial charge in [-0.1, -0.05) is 20.8 Å². The van der Waals surface area contributed by atoms with Crippen LogP contribution < -0.4 is 5.32 Å². The predicted molar refractivity (Wildman–Crippen MR) is 89.9 cm³/mol. The maximum absolute atomic E-state index is 11.8. The van der Waals surface area contributed by atoms with E-state index in [9.17, 15) is 19.5 Å². The second-order valence-corrected chi connectivity index (χ2v) is 8.50. The molecule has 2 atom stereocenters. The van der Waals surface area contributed by atoms with E-state index in [1.54, 1.807) is 20.8 Å². The van der Waals surface area contributed by atoms with E-state index < -0.39 is 28.7 Å². The number of alkyl carbamates (subject to hydrolysis) is 1. The molecule has 0 aromatic rings. The molecule has 2 N–H and O–H groups in total. The highest BCUT2D eigenvalue weighted by molar-refractivity contribution is 5.69. The monoisotopic (exact) mass is 342 g/mol. The van der Waals surface area contributed by atoms with Gasteiger partial charge in [0.1, 0.15) is 11.9 Å². The van der Waals surface area contributed by atoms with Gasteiger partial charge >= 0.3 is 12.2 Å². The Labute approximate surface area is 143 Å². The van der Waals surface area contributed by atoms with Gasteiger partial charge in [-0.15, -0.1) is 0 Å². The molecule has 1 unspecified atom stereocenters. The molecule has 2 amide bonds. The summed E-state index contributed by atoms with van der Waals surface area (Å²) < 4.78 is 5.20. The first-order valence-electron chi connectivity index (χ1n) is 8.23. The first kappa shape index (κ1) is 20.3. The maximum atomic E-state index is 11.8. The Morgan fingerprint density at radius 3 is 2.29 bits per heavy atom. The van der Waals surface area contributed by atoms with E-state index in [1.807, 2.05) is 20.8 Å². The minimum atomic E-state index is -1.04. The molecule has 0 bridgehead atoms. The van der Waals surface area contributed by atoms with Crippen LogP contribution in [0.5, 0.6) is 0 Å². The van der Waals surface area contributed by atoms with Crippen LogP contribution in [0.2, 0.25) is 0 Å². The van der Waals surface area contributed by atoms with Gasteiger partial charge in [0.25, 0.3) is 0 Å². The molecule has 7 heteroatoms. The van der Waals surface area contributed by atoms with Crippen LogP contribution in [-0.2, 0) is 9.53 Å². The lowest BCUT2D eigenvalue weighted by atomic mass is 9.69. The molecule has 0 aliphatic carbocycles. The first-order chi connectivity index (χ1) is 10.8. The number of hydrogen-bond acceptors (Lipinski definition) is 4. The van der Waals surface area contributed by atoms with Crippen LogP contribution in [-0.4, -0.2) is 52.7 Å². The van der Waals surface area contributed by atoms with E-state index in [1.165, 1.54) is 4.90 Å². The van der Waals surface area contributed by atoms with Crippen molar-refractivity contribution in [2.75, 3.05) is 13.1 Å². The normalized spacial score (nSPS) is 24.6. The summed E-state index contributed by atoms with van der Waals surface area (Å²) in [6, 6.07) is 0. The lowest BCUT2D eigenvalue weighted by Gasteiger charge is -2.46. The number of rotatable bonds is 4. The van der Waals surface area contributed by atoms with Crippen molar-refractivity contribution >= 4 is 18.5 Å². The molecule has 0 radical (unpaired) electrons. The Morgan fingerprint density at radius 1 is 1.29 bits per heavy atom. The average Bonchev–Trinajstić information content (AvgIpc) is 2.75. The third-order valence-electron chi connectivity index (χ3n) is 4.57. The van der Waals surface area contributed by atoms with E-state index >= 15 is 0 Å². The van der Waals surface area contributed by atoms with Gasteiger partial charge in [0.05, 0.1) is 5.54 Å². The summed E-state index contributed by atoms with van der Waals surface area (Å²) in [5.41, 5.74) is -1.74. The van der Waals surface area contributed by atoms with Gasteiger partial charge in [0.2, 0.25) is 0 Å². The SMILES string of the molecule is CC(C)(C)OC(=O)NC[C@H]1CN(C(=O)O)C(CC=O)(C(C)(C)C)C1. The minimum absolute atomic E-state index is 0.0622. The number of aldehydes is 1. The summed E-state index contributed by atoms with van der Waals surface area (Å²) in [5, 5.41) is 12.3. The molecule has 0 aromatic heterocycles. The highest BCUT2D eigenvalue weighted by atomic mass is 16.6. The van der Waals surface area contributed by atoms with Crippen molar-refractivity contribution in [3.63, 3.8) is 0 Å².